The highest BCUT2D eigenvalue weighted by Gasteiger charge is 2.22. The molecule has 0 unspecified atom stereocenters. The number of hydrogen-bond acceptors (Lipinski definition) is 6. The third kappa shape index (κ3) is 5.30. The van der Waals surface area contributed by atoms with E-state index in [0.29, 0.717) is 0 Å². The summed E-state index contributed by atoms with van der Waals surface area (Å²) in [5.74, 6) is -1.81. The third-order valence-electron chi connectivity index (χ3n) is 2.42. The summed E-state index contributed by atoms with van der Waals surface area (Å²) in [5.41, 5.74) is 5.12. The standard InChI is InChI=1S/C10H15N3O6S2/c11-7-2-3-8(10(14)15)9(6-7)21(18,19)13-4-1-5-20(12,16)17/h2-3,6,13H,1,4-5,11H2,(H,14,15)(H2,12,16,17). The van der Waals surface area contributed by atoms with Crippen LogP contribution in [0.2, 0.25) is 0 Å². The van der Waals surface area contributed by atoms with E-state index in [-0.39, 0.29) is 18.7 Å². The maximum absolute atomic E-state index is 12.0. The maximum atomic E-state index is 12.0. The molecule has 0 aliphatic rings. The second-order valence-electron chi connectivity index (χ2n) is 4.18. The molecule has 0 aromatic heterocycles. The first kappa shape index (κ1) is 17.4. The van der Waals surface area contributed by atoms with Crippen LogP contribution in [-0.4, -0.2) is 40.2 Å². The predicted octanol–water partition coefficient (Wildman–Crippen LogP) is -1.08. The van der Waals surface area contributed by atoms with Gasteiger partial charge in [0.1, 0.15) is 0 Å². The molecule has 9 nitrogen and oxygen atoms in total. The number of hydrogen-bond donors (Lipinski definition) is 4. The van der Waals surface area contributed by atoms with E-state index in [9.17, 15) is 21.6 Å². The van der Waals surface area contributed by atoms with E-state index >= 15 is 0 Å². The van der Waals surface area contributed by atoms with Gasteiger partial charge in [-0.15, -0.1) is 0 Å². The topological polar surface area (TPSA) is 170 Å². The Kier molecular flexibility index (Phi) is 5.28. The number of aromatic carboxylic acids is 1. The number of nitrogens with two attached hydrogens (primary N) is 2. The van der Waals surface area contributed by atoms with Gasteiger partial charge in [0, 0.05) is 12.2 Å². The highest BCUT2D eigenvalue weighted by atomic mass is 32.2. The highest BCUT2D eigenvalue weighted by Crippen LogP contribution is 2.19. The molecule has 6 N–H and O–H groups in total. The van der Waals surface area contributed by atoms with Crippen LogP contribution in [0.3, 0.4) is 0 Å². The van der Waals surface area contributed by atoms with Gasteiger partial charge in [-0.25, -0.2) is 31.5 Å². The second kappa shape index (κ2) is 6.39. The van der Waals surface area contributed by atoms with E-state index in [1.165, 1.54) is 6.07 Å². The van der Waals surface area contributed by atoms with Crippen LogP contribution in [0.5, 0.6) is 0 Å². The van der Waals surface area contributed by atoms with E-state index in [4.69, 9.17) is 16.0 Å². The lowest BCUT2D eigenvalue weighted by molar-refractivity contribution is 0.0692. The molecule has 0 heterocycles. The van der Waals surface area contributed by atoms with Gasteiger partial charge in [0.15, 0.2) is 0 Å². The van der Waals surface area contributed by atoms with Gasteiger partial charge >= 0.3 is 5.97 Å². The molecule has 0 fully saturated rings. The first-order chi connectivity index (χ1) is 9.53. The quantitative estimate of drug-likeness (QED) is 0.362. The van der Waals surface area contributed by atoms with Crippen molar-refractivity contribution in [3.8, 4) is 0 Å². The average molecular weight is 337 g/mol. The van der Waals surface area contributed by atoms with Crippen molar-refractivity contribution in [1.82, 2.24) is 4.72 Å². The zero-order valence-electron chi connectivity index (χ0n) is 10.8. The molecule has 118 valence electrons. The number of carbonyl (C=O) groups is 1. The molecule has 0 amide bonds. The minimum Gasteiger partial charge on any atom is -0.478 e. The first-order valence-electron chi connectivity index (χ1n) is 5.66. The molecule has 0 aliphatic heterocycles. The summed E-state index contributed by atoms with van der Waals surface area (Å²) in [7, 11) is -7.81. The van der Waals surface area contributed by atoms with Crippen LogP contribution >= 0.6 is 0 Å². The molecule has 11 heteroatoms. The Labute approximate surface area is 122 Å². The molecule has 0 saturated heterocycles. The molecule has 1 rings (SSSR count). The molecule has 1 aromatic carbocycles. The van der Waals surface area contributed by atoms with Gasteiger partial charge in [-0.1, -0.05) is 0 Å². The highest BCUT2D eigenvalue weighted by molar-refractivity contribution is 7.89. The number of benzene rings is 1. The van der Waals surface area contributed by atoms with Crippen molar-refractivity contribution in [2.75, 3.05) is 18.0 Å². The molecule has 0 bridgehead atoms. The summed E-state index contributed by atoms with van der Waals surface area (Å²) in [4.78, 5) is 10.5. The molecule has 0 saturated carbocycles. The van der Waals surface area contributed by atoms with Crippen LogP contribution in [0.25, 0.3) is 0 Å². The van der Waals surface area contributed by atoms with Crippen molar-refractivity contribution in [2.24, 2.45) is 5.14 Å². The van der Waals surface area contributed by atoms with Gasteiger partial charge in [-0.05, 0) is 24.6 Å². The largest absolute Gasteiger partial charge is 0.478 e. The van der Waals surface area contributed by atoms with Gasteiger partial charge < -0.3 is 10.8 Å². The smallest absolute Gasteiger partial charge is 0.337 e. The van der Waals surface area contributed by atoms with Crippen molar-refractivity contribution >= 4 is 31.7 Å². The fourth-order valence-corrected chi connectivity index (χ4v) is 3.35. The molecule has 0 aliphatic carbocycles. The average Bonchev–Trinajstić information content (AvgIpc) is 2.33. The van der Waals surface area contributed by atoms with Crippen LogP contribution in [0, 0.1) is 0 Å². The minimum absolute atomic E-state index is 0.0389. The summed E-state index contributed by atoms with van der Waals surface area (Å²) in [6.45, 7) is -0.202. The molecule has 0 radical (unpaired) electrons. The van der Waals surface area contributed by atoms with Crippen LogP contribution in [0.4, 0.5) is 5.69 Å². The van der Waals surface area contributed by atoms with Crippen molar-refractivity contribution < 1.29 is 26.7 Å². The van der Waals surface area contributed by atoms with Crippen LogP contribution in [0.1, 0.15) is 16.8 Å². The Hall–Kier alpha value is -1.69. The Bertz CT molecular complexity index is 742. The third-order valence-corrected chi connectivity index (χ3v) is 4.78. The fourth-order valence-electron chi connectivity index (χ4n) is 1.50. The monoisotopic (exact) mass is 337 g/mol. The molecule has 1 aromatic rings. The maximum Gasteiger partial charge on any atom is 0.337 e. The number of nitrogen functional groups attached to an aromatic ring is 1. The lowest BCUT2D eigenvalue weighted by Gasteiger charge is -2.10. The van der Waals surface area contributed by atoms with E-state index in [1.54, 1.807) is 0 Å². The zero-order valence-corrected chi connectivity index (χ0v) is 12.4. The van der Waals surface area contributed by atoms with Crippen LogP contribution in [0.15, 0.2) is 23.1 Å². The zero-order chi connectivity index (χ0) is 16.3. The van der Waals surface area contributed by atoms with E-state index in [2.05, 4.69) is 4.72 Å². The Morgan fingerprint density at radius 2 is 1.86 bits per heavy atom. The van der Waals surface area contributed by atoms with E-state index in [0.717, 1.165) is 12.1 Å². The van der Waals surface area contributed by atoms with Gasteiger partial charge in [0.25, 0.3) is 0 Å². The number of carboxylic acids is 1. The number of carboxylic acid groups (broad SMARTS) is 1. The summed E-state index contributed by atoms with van der Waals surface area (Å²) >= 11 is 0. The summed E-state index contributed by atoms with van der Waals surface area (Å²) < 4.78 is 47.6. The second-order valence-corrected chi connectivity index (χ2v) is 7.65. The minimum atomic E-state index is -4.12. The Morgan fingerprint density at radius 1 is 1.24 bits per heavy atom. The van der Waals surface area contributed by atoms with Crippen LogP contribution in [-0.2, 0) is 20.0 Å². The first-order valence-corrected chi connectivity index (χ1v) is 8.86. The SMILES string of the molecule is Nc1ccc(C(=O)O)c(S(=O)(=O)NCCCS(N)(=O)=O)c1. The van der Waals surface area contributed by atoms with E-state index in [1.807, 2.05) is 0 Å². The predicted molar refractivity (Wildman–Crippen MR) is 75.6 cm³/mol. The summed E-state index contributed by atoms with van der Waals surface area (Å²) in [5, 5.41) is 13.8. The summed E-state index contributed by atoms with van der Waals surface area (Å²) in [6, 6.07) is 3.37. The molecular formula is C10H15N3O6S2. The van der Waals surface area contributed by atoms with Gasteiger partial charge in [0.05, 0.1) is 16.2 Å². The number of nitrogens with one attached hydrogen (secondary N) is 1. The van der Waals surface area contributed by atoms with E-state index < -0.39 is 42.2 Å². The fraction of sp³-hybridized carbons (Fsp3) is 0.300. The van der Waals surface area contributed by atoms with Crippen molar-refractivity contribution in [1.29, 1.82) is 0 Å². The number of sulfonamides is 2. The number of primary sulfonamides is 1. The van der Waals surface area contributed by atoms with Crippen LogP contribution < -0.4 is 15.6 Å². The number of anilines is 1. The number of rotatable bonds is 7. The van der Waals surface area contributed by atoms with Gasteiger partial charge in [-0.3, -0.25) is 0 Å². The Morgan fingerprint density at radius 3 is 2.38 bits per heavy atom. The normalized spacial score (nSPS) is 12.2. The lowest BCUT2D eigenvalue weighted by Crippen LogP contribution is -2.28. The Balaban J connectivity index is 2.93. The van der Waals surface area contributed by atoms with Crippen molar-refractivity contribution in [2.45, 2.75) is 11.3 Å². The molecular weight excluding hydrogens is 322 g/mol. The van der Waals surface area contributed by atoms with Gasteiger partial charge in [-0.2, -0.15) is 0 Å². The molecule has 0 atom stereocenters. The molecule has 0 spiro atoms. The molecule has 21 heavy (non-hydrogen) atoms. The van der Waals surface area contributed by atoms with Crippen molar-refractivity contribution in [3.05, 3.63) is 23.8 Å². The van der Waals surface area contributed by atoms with Gasteiger partial charge in [0.2, 0.25) is 20.0 Å². The summed E-state index contributed by atoms with van der Waals surface area (Å²) in [6.07, 6.45) is -0.0389. The van der Waals surface area contributed by atoms with Crippen molar-refractivity contribution in [3.63, 3.8) is 0 Å². The lowest BCUT2D eigenvalue weighted by atomic mass is 10.2.